The van der Waals surface area contributed by atoms with Crippen LogP contribution in [0.25, 0.3) is 0 Å². The molecule has 2 rings (SSSR count). The summed E-state index contributed by atoms with van der Waals surface area (Å²) in [5.41, 5.74) is 0. The number of thioether (sulfide) groups is 1. The highest BCUT2D eigenvalue weighted by Crippen LogP contribution is 2.33. The van der Waals surface area contributed by atoms with Crippen molar-refractivity contribution in [3.63, 3.8) is 0 Å². The second-order valence-electron chi connectivity index (χ2n) is 6.71. The molecule has 0 radical (unpaired) electrons. The van der Waals surface area contributed by atoms with Crippen molar-refractivity contribution in [2.45, 2.75) is 43.4 Å². The lowest BCUT2D eigenvalue weighted by Gasteiger charge is -2.37. The molecule has 1 atom stereocenters. The Morgan fingerprint density at radius 2 is 2.17 bits per heavy atom. The number of nitrogens with zero attached hydrogens (tertiary/aromatic N) is 3. The van der Waals surface area contributed by atoms with Crippen molar-refractivity contribution in [3.8, 4) is 0 Å². The van der Waals surface area contributed by atoms with Crippen molar-refractivity contribution in [2.24, 2.45) is 4.99 Å². The van der Waals surface area contributed by atoms with E-state index in [0.29, 0.717) is 6.04 Å². The van der Waals surface area contributed by atoms with Gasteiger partial charge in [-0.1, -0.05) is 6.92 Å². The summed E-state index contributed by atoms with van der Waals surface area (Å²) in [7, 11) is 4.05. The third-order valence-electron chi connectivity index (χ3n) is 5.37. The minimum Gasteiger partial charge on any atom is -0.381 e. The molecular weight excluding hydrogens is 308 g/mol. The van der Waals surface area contributed by atoms with Gasteiger partial charge < -0.3 is 15.0 Å². The number of hydrogen-bond acceptors (Lipinski definition) is 4. The van der Waals surface area contributed by atoms with E-state index in [1.54, 1.807) is 0 Å². The number of hydrogen-bond donors (Lipinski definition) is 1. The highest BCUT2D eigenvalue weighted by Gasteiger charge is 2.32. The van der Waals surface area contributed by atoms with Crippen LogP contribution in [-0.2, 0) is 4.74 Å². The average Bonchev–Trinajstić information content (AvgIpc) is 3.03. The van der Waals surface area contributed by atoms with Crippen LogP contribution in [-0.4, -0.2) is 86.3 Å². The Labute approximate surface area is 146 Å². The van der Waals surface area contributed by atoms with Crippen LogP contribution >= 0.6 is 11.8 Å². The lowest BCUT2D eigenvalue weighted by Crippen LogP contribution is -2.50. The van der Waals surface area contributed by atoms with Crippen LogP contribution in [0.4, 0.5) is 0 Å². The molecule has 23 heavy (non-hydrogen) atoms. The van der Waals surface area contributed by atoms with Crippen LogP contribution in [0.5, 0.6) is 0 Å². The van der Waals surface area contributed by atoms with E-state index in [2.05, 4.69) is 40.3 Å². The molecule has 6 heteroatoms. The summed E-state index contributed by atoms with van der Waals surface area (Å²) in [5, 5.41) is 3.62. The van der Waals surface area contributed by atoms with Crippen molar-refractivity contribution in [1.29, 1.82) is 0 Å². The van der Waals surface area contributed by atoms with Gasteiger partial charge >= 0.3 is 0 Å². The normalized spacial score (nSPS) is 25.6. The summed E-state index contributed by atoms with van der Waals surface area (Å²) in [4.78, 5) is 9.39. The van der Waals surface area contributed by atoms with Gasteiger partial charge in [0.15, 0.2) is 5.96 Å². The van der Waals surface area contributed by atoms with Gasteiger partial charge in [-0.2, -0.15) is 11.8 Å². The molecular formula is C17H34N4OS. The Bertz CT molecular complexity index is 385. The molecule has 0 aromatic carbocycles. The maximum Gasteiger partial charge on any atom is 0.193 e. The van der Waals surface area contributed by atoms with Gasteiger partial charge in [0, 0.05) is 51.2 Å². The fourth-order valence-electron chi connectivity index (χ4n) is 3.74. The molecule has 0 bridgehead atoms. The van der Waals surface area contributed by atoms with E-state index in [1.165, 1.54) is 19.4 Å². The number of rotatable bonds is 6. The van der Waals surface area contributed by atoms with E-state index in [0.717, 1.165) is 51.6 Å². The molecule has 2 saturated heterocycles. The summed E-state index contributed by atoms with van der Waals surface area (Å²) in [6.07, 6.45) is 7.09. The molecule has 2 heterocycles. The minimum absolute atomic E-state index is 0.290. The molecule has 1 unspecified atom stereocenters. The van der Waals surface area contributed by atoms with E-state index in [-0.39, 0.29) is 4.75 Å². The molecule has 1 N–H and O–H groups in total. The first-order chi connectivity index (χ1) is 11.1. The Balaban J connectivity index is 1.86. The zero-order valence-corrected chi connectivity index (χ0v) is 16.1. The van der Waals surface area contributed by atoms with Gasteiger partial charge in [-0.15, -0.1) is 0 Å². The van der Waals surface area contributed by atoms with Gasteiger partial charge in [-0.25, -0.2) is 0 Å². The Morgan fingerprint density at radius 1 is 1.43 bits per heavy atom. The average molecular weight is 343 g/mol. The lowest BCUT2D eigenvalue weighted by molar-refractivity contribution is 0.0781. The van der Waals surface area contributed by atoms with Crippen LogP contribution in [0.15, 0.2) is 4.99 Å². The maximum absolute atomic E-state index is 5.53. The molecule has 0 amide bonds. The largest absolute Gasteiger partial charge is 0.381 e. The number of nitrogens with one attached hydrogen (secondary N) is 1. The molecule has 0 aromatic rings. The summed E-state index contributed by atoms with van der Waals surface area (Å²) in [5.74, 6) is 1.02. The van der Waals surface area contributed by atoms with Gasteiger partial charge in [0.25, 0.3) is 0 Å². The predicted molar refractivity (Wildman–Crippen MR) is 101 cm³/mol. The van der Waals surface area contributed by atoms with E-state index in [1.807, 2.05) is 18.8 Å². The standard InChI is InChI=1S/C17H34N4OS/c1-5-21-10-6-7-15(21)13-20(3)16(18-2)19-14-17(23-4)8-11-22-12-9-17/h15H,5-14H2,1-4H3,(H,18,19). The highest BCUT2D eigenvalue weighted by molar-refractivity contribution is 8.00. The lowest BCUT2D eigenvalue weighted by atomic mass is 9.99. The van der Waals surface area contributed by atoms with E-state index < -0.39 is 0 Å². The van der Waals surface area contributed by atoms with Crippen molar-refractivity contribution >= 4 is 17.7 Å². The Hall–Kier alpha value is -0.460. The molecule has 5 nitrogen and oxygen atoms in total. The zero-order valence-electron chi connectivity index (χ0n) is 15.3. The molecule has 134 valence electrons. The number of ether oxygens (including phenoxy) is 1. The van der Waals surface area contributed by atoms with Gasteiger partial charge in [0.2, 0.25) is 0 Å². The zero-order chi connectivity index (χ0) is 16.7. The third-order valence-corrected chi connectivity index (χ3v) is 6.79. The molecule has 2 aliphatic heterocycles. The van der Waals surface area contributed by atoms with Crippen molar-refractivity contribution < 1.29 is 4.74 Å². The quantitative estimate of drug-likeness (QED) is 0.590. The first-order valence-corrected chi connectivity index (χ1v) is 10.2. The van der Waals surface area contributed by atoms with E-state index in [4.69, 9.17) is 4.74 Å². The Kier molecular flexibility index (Phi) is 7.50. The first-order valence-electron chi connectivity index (χ1n) is 8.93. The maximum atomic E-state index is 5.53. The SMILES string of the molecule is CCN1CCCC1CN(C)C(=NC)NCC1(SC)CCOCC1. The van der Waals surface area contributed by atoms with Crippen LogP contribution in [0.1, 0.15) is 32.6 Å². The predicted octanol–water partition coefficient (Wildman–Crippen LogP) is 1.89. The smallest absolute Gasteiger partial charge is 0.193 e. The van der Waals surface area contributed by atoms with Crippen LogP contribution in [0.2, 0.25) is 0 Å². The van der Waals surface area contributed by atoms with Crippen molar-refractivity contribution in [3.05, 3.63) is 0 Å². The molecule has 0 aromatic heterocycles. The monoisotopic (exact) mass is 342 g/mol. The second-order valence-corrected chi connectivity index (χ2v) is 7.98. The summed E-state index contributed by atoms with van der Waals surface area (Å²) in [6, 6.07) is 0.668. The van der Waals surface area contributed by atoms with Gasteiger partial charge in [-0.05, 0) is 45.0 Å². The fourth-order valence-corrected chi connectivity index (χ4v) is 4.53. The second kappa shape index (κ2) is 9.14. The minimum atomic E-state index is 0.290. The summed E-state index contributed by atoms with van der Waals surface area (Å²) in [6.45, 7) is 8.45. The molecule has 0 spiro atoms. The highest BCUT2D eigenvalue weighted by atomic mass is 32.2. The number of guanidine groups is 1. The first kappa shape index (κ1) is 18.9. The third kappa shape index (κ3) is 5.00. The molecule has 2 fully saturated rings. The molecule has 2 aliphatic rings. The van der Waals surface area contributed by atoms with Crippen LogP contribution in [0, 0.1) is 0 Å². The van der Waals surface area contributed by atoms with Crippen molar-refractivity contribution in [2.75, 3.05) is 59.7 Å². The van der Waals surface area contributed by atoms with E-state index in [9.17, 15) is 0 Å². The number of likely N-dealkylation sites (tertiary alicyclic amines) is 1. The van der Waals surface area contributed by atoms with Gasteiger partial charge in [0.1, 0.15) is 0 Å². The van der Waals surface area contributed by atoms with Gasteiger partial charge in [0.05, 0.1) is 0 Å². The van der Waals surface area contributed by atoms with Crippen LogP contribution < -0.4 is 5.32 Å². The number of aliphatic imine (C=N–C) groups is 1. The summed E-state index contributed by atoms with van der Waals surface area (Å²) >= 11 is 1.97. The number of likely N-dealkylation sites (N-methyl/N-ethyl adjacent to an activating group) is 2. The van der Waals surface area contributed by atoms with Crippen molar-refractivity contribution in [1.82, 2.24) is 15.1 Å². The van der Waals surface area contributed by atoms with Crippen LogP contribution in [0.3, 0.4) is 0 Å². The summed E-state index contributed by atoms with van der Waals surface area (Å²) < 4.78 is 5.82. The molecule has 0 aliphatic carbocycles. The Morgan fingerprint density at radius 3 is 2.78 bits per heavy atom. The van der Waals surface area contributed by atoms with Gasteiger partial charge in [-0.3, -0.25) is 9.89 Å². The fraction of sp³-hybridized carbons (Fsp3) is 0.941. The molecule has 0 saturated carbocycles. The van der Waals surface area contributed by atoms with E-state index >= 15 is 0 Å². The topological polar surface area (TPSA) is 40.1 Å².